The van der Waals surface area contributed by atoms with E-state index in [0.717, 1.165) is 11.1 Å². The first kappa shape index (κ1) is 17.8. The zero-order valence-corrected chi connectivity index (χ0v) is 14.9. The van der Waals surface area contributed by atoms with Gasteiger partial charge < -0.3 is 10.6 Å². The van der Waals surface area contributed by atoms with Gasteiger partial charge in [0.15, 0.2) is 0 Å². The number of carbonyl (C=O) groups is 1. The van der Waals surface area contributed by atoms with Crippen LogP contribution < -0.4 is 10.6 Å². The van der Waals surface area contributed by atoms with E-state index in [-0.39, 0.29) is 17.3 Å². The van der Waals surface area contributed by atoms with Crippen molar-refractivity contribution in [2.75, 3.05) is 10.6 Å². The largest absolute Gasteiger partial charge is 0.323 e. The molecule has 1 amide bonds. The molecule has 0 spiro atoms. The molecular weight excluding hydrogens is 355 g/mol. The second-order valence-electron chi connectivity index (χ2n) is 5.76. The molecule has 2 N–H and O–H groups in total. The molecule has 7 heteroatoms. The minimum absolute atomic E-state index is 0.0862. The summed E-state index contributed by atoms with van der Waals surface area (Å²) >= 11 is 6.27. The van der Waals surface area contributed by atoms with Crippen LogP contribution in [0.15, 0.2) is 48.7 Å². The Morgan fingerprint density at radius 1 is 1.15 bits per heavy atom. The van der Waals surface area contributed by atoms with Gasteiger partial charge in [-0.2, -0.15) is 0 Å². The highest BCUT2D eigenvalue weighted by atomic mass is 35.5. The number of nitrogens with one attached hydrogen (secondary N) is 2. The summed E-state index contributed by atoms with van der Waals surface area (Å²) in [5, 5.41) is 6.05. The standard InChI is InChI=1S/C19H16ClFN4O/c1-11-9-12(2)17(13(20)10-11)25-19-22-8-7-16(24-19)18(26)23-15-6-4-3-5-14(15)21/h3-10H,1-2H3,(H,23,26)(H,22,24,25). The van der Waals surface area contributed by atoms with Crippen LogP contribution in [0.4, 0.5) is 21.7 Å². The van der Waals surface area contributed by atoms with Crippen LogP contribution >= 0.6 is 11.6 Å². The minimum Gasteiger partial charge on any atom is -0.323 e. The zero-order chi connectivity index (χ0) is 18.7. The number of para-hydroxylation sites is 1. The van der Waals surface area contributed by atoms with Gasteiger partial charge in [-0.1, -0.05) is 29.8 Å². The Morgan fingerprint density at radius 3 is 2.65 bits per heavy atom. The third-order valence-electron chi connectivity index (χ3n) is 3.68. The maximum Gasteiger partial charge on any atom is 0.274 e. The van der Waals surface area contributed by atoms with Crippen LogP contribution in [0.25, 0.3) is 0 Å². The van der Waals surface area contributed by atoms with Crippen LogP contribution in [0.5, 0.6) is 0 Å². The van der Waals surface area contributed by atoms with Gasteiger partial charge in [0.05, 0.1) is 16.4 Å². The van der Waals surface area contributed by atoms with Gasteiger partial charge in [0.25, 0.3) is 5.91 Å². The molecule has 0 unspecified atom stereocenters. The Labute approximate surface area is 155 Å². The number of halogens is 2. The molecular formula is C19H16ClFN4O. The summed E-state index contributed by atoms with van der Waals surface area (Å²) < 4.78 is 13.7. The van der Waals surface area contributed by atoms with E-state index < -0.39 is 11.7 Å². The van der Waals surface area contributed by atoms with Crippen LogP contribution in [0.3, 0.4) is 0 Å². The van der Waals surface area contributed by atoms with Crippen molar-refractivity contribution in [3.05, 3.63) is 76.3 Å². The van der Waals surface area contributed by atoms with Crippen molar-refractivity contribution in [2.24, 2.45) is 0 Å². The van der Waals surface area contributed by atoms with E-state index in [1.807, 2.05) is 26.0 Å². The molecule has 0 atom stereocenters. The van der Waals surface area contributed by atoms with E-state index in [4.69, 9.17) is 11.6 Å². The van der Waals surface area contributed by atoms with Crippen LogP contribution in [0, 0.1) is 19.7 Å². The monoisotopic (exact) mass is 370 g/mol. The third kappa shape index (κ3) is 3.97. The van der Waals surface area contributed by atoms with E-state index in [0.29, 0.717) is 10.7 Å². The molecule has 1 aromatic heterocycles. The highest BCUT2D eigenvalue weighted by Gasteiger charge is 2.13. The van der Waals surface area contributed by atoms with Crippen LogP contribution in [-0.4, -0.2) is 15.9 Å². The number of hydrogen-bond donors (Lipinski definition) is 2. The molecule has 0 aliphatic heterocycles. The van der Waals surface area contributed by atoms with Gasteiger partial charge in [0.1, 0.15) is 11.5 Å². The van der Waals surface area contributed by atoms with Gasteiger partial charge in [-0.05, 0) is 49.2 Å². The normalized spacial score (nSPS) is 10.5. The third-order valence-corrected chi connectivity index (χ3v) is 3.98. The van der Waals surface area contributed by atoms with Gasteiger partial charge in [-0.3, -0.25) is 4.79 Å². The minimum atomic E-state index is -0.535. The van der Waals surface area contributed by atoms with Gasteiger partial charge in [-0.15, -0.1) is 0 Å². The van der Waals surface area contributed by atoms with E-state index in [9.17, 15) is 9.18 Å². The molecule has 0 fully saturated rings. The fraction of sp³-hybridized carbons (Fsp3) is 0.105. The lowest BCUT2D eigenvalue weighted by atomic mass is 10.1. The molecule has 26 heavy (non-hydrogen) atoms. The fourth-order valence-corrected chi connectivity index (χ4v) is 2.85. The van der Waals surface area contributed by atoms with Gasteiger partial charge in [-0.25, -0.2) is 14.4 Å². The summed E-state index contributed by atoms with van der Waals surface area (Å²) in [5.41, 5.74) is 2.83. The van der Waals surface area contributed by atoms with Gasteiger partial charge >= 0.3 is 0 Å². The average Bonchev–Trinajstić information content (AvgIpc) is 2.60. The Hall–Kier alpha value is -2.99. The molecule has 3 aromatic rings. The predicted octanol–water partition coefficient (Wildman–Crippen LogP) is 4.88. The maximum atomic E-state index is 13.7. The summed E-state index contributed by atoms with van der Waals surface area (Å²) in [4.78, 5) is 20.6. The fourth-order valence-electron chi connectivity index (χ4n) is 2.48. The summed E-state index contributed by atoms with van der Waals surface area (Å²) in [5.74, 6) is -0.831. The molecule has 0 aliphatic carbocycles. The van der Waals surface area contributed by atoms with Crippen molar-refractivity contribution in [3.8, 4) is 0 Å². The van der Waals surface area contributed by atoms with Crippen molar-refractivity contribution in [3.63, 3.8) is 0 Å². The summed E-state index contributed by atoms with van der Waals surface area (Å²) in [7, 11) is 0. The second kappa shape index (κ2) is 7.49. The lowest BCUT2D eigenvalue weighted by Crippen LogP contribution is -2.15. The molecule has 1 heterocycles. The van der Waals surface area contributed by atoms with Crippen molar-refractivity contribution < 1.29 is 9.18 Å². The number of nitrogens with zero attached hydrogens (tertiary/aromatic N) is 2. The van der Waals surface area contributed by atoms with Gasteiger partial charge in [0.2, 0.25) is 5.95 Å². The number of anilines is 3. The molecule has 0 bridgehead atoms. The number of aromatic nitrogens is 2. The first-order valence-corrected chi connectivity index (χ1v) is 8.24. The number of rotatable bonds is 4. The lowest BCUT2D eigenvalue weighted by molar-refractivity contribution is 0.102. The molecule has 0 radical (unpaired) electrons. The number of amides is 1. The summed E-state index contributed by atoms with van der Waals surface area (Å²) in [6.07, 6.45) is 1.45. The van der Waals surface area contributed by atoms with Gasteiger partial charge in [0, 0.05) is 6.20 Å². The number of hydrogen-bond acceptors (Lipinski definition) is 4. The van der Waals surface area contributed by atoms with E-state index in [2.05, 4.69) is 20.6 Å². The number of carbonyl (C=O) groups excluding carboxylic acids is 1. The maximum absolute atomic E-state index is 13.7. The van der Waals surface area contributed by atoms with E-state index >= 15 is 0 Å². The van der Waals surface area contributed by atoms with Crippen molar-refractivity contribution >= 4 is 34.8 Å². The van der Waals surface area contributed by atoms with E-state index in [1.165, 1.54) is 24.4 Å². The Morgan fingerprint density at radius 2 is 1.92 bits per heavy atom. The Bertz CT molecular complexity index is 954. The topological polar surface area (TPSA) is 66.9 Å². The zero-order valence-electron chi connectivity index (χ0n) is 14.2. The van der Waals surface area contributed by atoms with Crippen LogP contribution in [0.2, 0.25) is 5.02 Å². The quantitative estimate of drug-likeness (QED) is 0.686. The average molecular weight is 371 g/mol. The smallest absolute Gasteiger partial charge is 0.274 e. The first-order chi connectivity index (χ1) is 12.4. The molecule has 0 saturated carbocycles. The van der Waals surface area contributed by atoms with Crippen LogP contribution in [0.1, 0.15) is 21.6 Å². The molecule has 3 rings (SSSR count). The Balaban J connectivity index is 1.83. The summed E-state index contributed by atoms with van der Waals surface area (Å²) in [6, 6.07) is 11.2. The summed E-state index contributed by atoms with van der Waals surface area (Å²) in [6.45, 7) is 3.86. The second-order valence-corrected chi connectivity index (χ2v) is 6.17. The van der Waals surface area contributed by atoms with Crippen molar-refractivity contribution in [2.45, 2.75) is 13.8 Å². The highest BCUT2D eigenvalue weighted by molar-refractivity contribution is 6.33. The van der Waals surface area contributed by atoms with Crippen molar-refractivity contribution in [1.82, 2.24) is 9.97 Å². The van der Waals surface area contributed by atoms with Crippen LogP contribution in [-0.2, 0) is 0 Å². The highest BCUT2D eigenvalue weighted by Crippen LogP contribution is 2.29. The van der Waals surface area contributed by atoms with Crippen molar-refractivity contribution in [1.29, 1.82) is 0 Å². The molecule has 2 aromatic carbocycles. The molecule has 0 saturated heterocycles. The molecule has 0 aliphatic rings. The SMILES string of the molecule is Cc1cc(C)c(Nc2nccc(C(=O)Nc3ccccc3F)n2)c(Cl)c1. The number of benzene rings is 2. The predicted molar refractivity (Wildman–Crippen MR) is 101 cm³/mol. The Kier molecular flexibility index (Phi) is 5.14. The first-order valence-electron chi connectivity index (χ1n) is 7.87. The molecule has 5 nitrogen and oxygen atoms in total. The lowest BCUT2D eigenvalue weighted by Gasteiger charge is -2.12. The number of aryl methyl sites for hydroxylation is 2. The van der Waals surface area contributed by atoms with E-state index in [1.54, 1.807) is 12.1 Å². The molecule has 132 valence electrons.